The first-order chi connectivity index (χ1) is 16.2. The first kappa shape index (κ1) is 21.5. The van der Waals surface area contributed by atoms with E-state index in [9.17, 15) is 9.59 Å². The Bertz CT molecular complexity index is 1160. The van der Waals surface area contributed by atoms with E-state index in [0.717, 1.165) is 41.3 Å². The summed E-state index contributed by atoms with van der Waals surface area (Å²) in [6, 6.07) is 19.5. The van der Waals surface area contributed by atoms with Crippen molar-refractivity contribution in [2.45, 2.75) is 36.8 Å². The van der Waals surface area contributed by atoms with Gasteiger partial charge >= 0.3 is 6.03 Å². The molecular formula is C26H26N4O2S. The number of carbonyl (C=O) groups is 2. The number of hydrogen-bond acceptors (Lipinski definition) is 4. The van der Waals surface area contributed by atoms with Crippen LogP contribution in [0.5, 0.6) is 0 Å². The fraction of sp³-hybridized carbons (Fsp3) is 0.269. The molecule has 2 heterocycles. The molecule has 5 rings (SSSR count). The lowest BCUT2D eigenvalue weighted by Gasteiger charge is -2.28. The molecule has 1 atom stereocenters. The molecule has 0 unspecified atom stereocenters. The molecule has 0 bridgehead atoms. The van der Waals surface area contributed by atoms with E-state index < -0.39 is 0 Å². The first-order valence-corrected chi connectivity index (χ1v) is 12.3. The molecule has 0 saturated carbocycles. The van der Waals surface area contributed by atoms with Crippen LogP contribution >= 0.6 is 11.8 Å². The van der Waals surface area contributed by atoms with Gasteiger partial charge in [0, 0.05) is 24.2 Å². The standard InChI is InChI=1S/C26H26N4O2S/c31-24(29-22-8-3-6-19-5-1-2-7-21(19)22)17-18-10-12-20(13-11-18)28-26(32)30-15-16-33-25-23(30)9-4-14-27-25/h1-2,4-5,7,9-14,22H,3,6,8,15-17H2,(H,28,32)(H,29,31)/t22-/m0/s1. The van der Waals surface area contributed by atoms with Crippen LogP contribution in [-0.4, -0.2) is 29.2 Å². The Kier molecular flexibility index (Phi) is 6.30. The van der Waals surface area contributed by atoms with E-state index in [1.165, 1.54) is 11.1 Å². The Morgan fingerprint density at radius 1 is 1.06 bits per heavy atom. The average molecular weight is 459 g/mol. The summed E-state index contributed by atoms with van der Waals surface area (Å²) in [5, 5.41) is 7.03. The van der Waals surface area contributed by atoms with Crippen LogP contribution in [-0.2, 0) is 17.6 Å². The number of fused-ring (bicyclic) bond motifs is 2. The van der Waals surface area contributed by atoms with E-state index in [0.29, 0.717) is 18.7 Å². The van der Waals surface area contributed by atoms with Crippen molar-refractivity contribution in [3.05, 3.63) is 83.6 Å². The second kappa shape index (κ2) is 9.67. The van der Waals surface area contributed by atoms with Gasteiger partial charge in [-0.15, -0.1) is 11.8 Å². The highest BCUT2D eigenvalue weighted by Crippen LogP contribution is 2.33. The number of nitrogens with one attached hydrogen (secondary N) is 2. The summed E-state index contributed by atoms with van der Waals surface area (Å²) >= 11 is 1.66. The van der Waals surface area contributed by atoms with Gasteiger partial charge in [0.2, 0.25) is 5.91 Å². The minimum atomic E-state index is -0.175. The number of aromatic nitrogens is 1. The van der Waals surface area contributed by atoms with E-state index in [-0.39, 0.29) is 18.0 Å². The van der Waals surface area contributed by atoms with E-state index in [2.05, 4.69) is 33.8 Å². The number of hydrogen-bond donors (Lipinski definition) is 2. The maximum atomic E-state index is 12.8. The summed E-state index contributed by atoms with van der Waals surface area (Å²) in [7, 11) is 0. The van der Waals surface area contributed by atoms with Crippen LogP contribution in [0.15, 0.2) is 71.9 Å². The van der Waals surface area contributed by atoms with Crippen molar-refractivity contribution in [2.75, 3.05) is 22.5 Å². The number of nitrogens with zero attached hydrogens (tertiary/aromatic N) is 2. The maximum absolute atomic E-state index is 12.8. The van der Waals surface area contributed by atoms with Crippen molar-refractivity contribution in [1.82, 2.24) is 10.3 Å². The number of aryl methyl sites for hydroxylation is 1. The van der Waals surface area contributed by atoms with E-state index in [1.54, 1.807) is 22.9 Å². The highest BCUT2D eigenvalue weighted by molar-refractivity contribution is 7.99. The fourth-order valence-corrected chi connectivity index (χ4v) is 5.42. The van der Waals surface area contributed by atoms with Gasteiger partial charge in [-0.1, -0.05) is 36.4 Å². The minimum Gasteiger partial charge on any atom is -0.349 e. The number of thioether (sulfide) groups is 1. The van der Waals surface area contributed by atoms with Crippen LogP contribution in [0.4, 0.5) is 16.2 Å². The highest BCUT2D eigenvalue weighted by Gasteiger charge is 2.24. The number of rotatable bonds is 4. The molecule has 168 valence electrons. The van der Waals surface area contributed by atoms with Gasteiger partial charge in [0.15, 0.2) is 0 Å². The molecule has 33 heavy (non-hydrogen) atoms. The van der Waals surface area contributed by atoms with E-state index in [1.807, 2.05) is 42.5 Å². The predicted molar refractivity (Wildman–Crippen MR) is 132 cm³/mol. The van der Waals surface area contributed by atoms with Crippen LogP contribution in [0, 0.1) is 0 Å². The normalized spacial score (nSPS) is 17.0. The number of anilines is 2. The first-order valence-electron chi connectivity index (χ1n) is 11.3. The average Bonchev–Trinajstić information content (AvgIpc) is 2.85. The van der Waals surface area contributed by atoms with Gasteiger partial charge in [-0.25, -0.2) is 9.78 Å². The largest absolute Gasteiger partial charge is 0.349 e. The van der Waals surface area contributed by atoms with Gasteiger partial charge in [0.05, 0.1) is 18.2 Å². The lowest BCUT2D eigenvalue weighted by molar-refractivity contribution is -0.121. The van der Waals surface area contributed by atoms with Crippen molar-refractivity contribution in [3.8, 4) is 0 Å². The number of urea groups is 1. The van der Waals surface area contributed by atoms with Crippen LogP contribution in [0.3, 0.4) is 0 Å². The summed E-state index contributed by atoms with van der Waals surface area (Å²) in [5.74, 6) is 0.833. The topological polar surface area (TPSA) is 74.3 Å². The summed E-state index contributed by atoms with van der Waals surface area (Å²) < 4.78 is 0. The van der Waals surface area contributed by atoms with Crippen molar-refractivity contribution in [1.29, 1.82) is 0 Å². The van der Waals surface area contributed by atoms with Gasteiger partial charge in [0.25, 0.3) is 0 Å². The second-order valence-electron chi connectivity index (χ2n) is 8.34. The van der Waals surface area contributed by atoms with Gasteiger partial charge < -0.3 is 10.6 Å². The molecule has 0 saturated heterocycles. The van der Waals surface area contributed by atoms with Crippen molar-refractivity contribution < 1.29 is 9.59 Å². The van der Waals surface area contributed by atoms with Crippen LogP contribution in [0.2, 0.25) is 0 Å². The summed E-state index contributed by atoms with van der Waals surface area (Å²) in [4.78, 5) is 31.6. The number of carbonyl (C=O) groups excluding carboxylic acids is 2. The summed E-state index contributed by atoms with van der Waals surface area (Å²) in [5.41, 5.74) is 5.03. The molecule has 1 aromatic heterocycles. The molecule has 0 fully saturated rings. The van der Waals surface area contributed by atoms with Crippen LogP contribution in [0.25, 0.3) is 0 Å². The maximum Gasteiger partial charge on any atom is 0.326 e. The van der Waals surface area contributed by atoms with Crippen molar-refractivity contribution in [2.24, 2.45) is 0 Å². The number of amides is 3. The van der Waals surface area contributed by atoms with Gasteiger partial charge in [-0.3, -0.25) is 9.69 Å². The Morgan fingerprint density at radius 2 is 1.91 bits per heavy atom. The lowest BCUT2D eigenvalue weighted by Crippen LogP contribution is -2.38. The monoisotopic (exact) mass is 458 g/mol. The minimum absolute atomic E-state index is 0.0170. The van der Waals surface area contributed by atoms with Crippen LogP contribution in [0.1, 0.15) is 35.6 Å². The second-order valence-corrected chi connectivity index (χ2v) is 9.43. The van der Waals surface area contributed by atoms with Gasteiger partial charge in [0.1, 0.15) is 5.03 Å². The third-order valence-electron chi connectivity index (χ3n) is 6.12. The third kappa shape index (κ3) is 4.88. The van der Waals surface area contributed by atoms with Crippen LogP contribution < -0.4 is 15.5 Å². The molecule has 3 aromatic rings. The zero-order valence-electron chi connectivity index (χ0n) is 18.3. The molecule has 6 nitrogen and oxygen atoms in total. The molecule has 2 N–H and O–H groups in total. The molecule has 1 aliphatic heterocycles. The molecule has 3 amide bonds. The third-order valence-corrected chi connectivity index (χ3v) is 7.09. The molecule has 7 heteroatoms. The van der Waals surface area contributed by atoms with Crippen molar-refractivity contribution >= 4 is 35.1 Å². The number of benzene rings is 2. The van der Waals surface area contributed by atoms with E-state index in [4.69, 9.17) is 0 Å². The molecule has 1 aliphatic carbocycles. The quantitative estimate of drug-likeness (QED) is 0.579. The Hall–Kier alpha value is -3.32. The lowest BCUT2D eigenvalue weighted by atomic mass is 9.87. The van der Waals surface area contributed by atoms with E-state index >= 15 is 0 Å². The molecule has 2 aromatic carbocycles. The molecule has 2 aliphatic rings. The van der Waals surface area contributed by atoms with Gasteiger partial charge in [-0.05, 0) is 60.2 Å². The Morgan fingerprint density at radius 3 is 2.79 bits per heavy atom. The van der Waals surface area contributed by atoms with Gasteiger partial charge in [-0.2, -0.15) is 0 Å². The smallest absolute Gasteiger partial charge is 0.326 e. The summed E-state index contributed by atoms with van der Waals surface area (Å²) in [6.07, 6.45) is 5.20. The zero-order valence-corrected chi connectivity index (χ0v) is 19.1. The number of pyridine rings is 1. The molecule has 0 radical (unpaired) electrons. The molecule has 0 spiro atoms. The fourth-order valence-electron chi connectivity index (χ4n) is 4.50. The highest BCUT2D eigenvalue weighted by atomic mass is 32.2. The predicted octanol–water partition coefficient (Wildman–Crippen LogP) is 4.96. The SMILES string of the molecule is O=C(Cc1ccc(NC(=O)N2CCSc3ncccc32)cc1)N[C@H]1CCCc2ccccc21. The van der Waals surface area contributed by atoms with Crippen molar-refractivity contribution in [3.63, 3.8) is 0 Å². The zero-order chi connectivity index (χ0) is 22.6. The Balaban J connectivity index is 1.18. The Labute approximate surface area is 197 Å². The summed E-state index contributed by atoms with van der Waals surface area (Å²) in [6.45, 7) is 0.637. The molecular weight excluding hydrogens is 432 g/mol.